The van der Waals surface area contributed by atoms with Gasteiger partial charge in [0.25, 0.3) is 0 Å². The summed E-state index contributed by atoms with van der Waals surface area (Å²) < 4.78 is 0. The first-order valence-electron chi connectivity index (χ1n) is 24.2. The molecule has 0 rings (SSSR count). The average molecular weight is 762 g/mol. The van der Waals surface area contributed by atoms with Crippen LogP contribution in [0, 0.1) is 0 Å². The van der Waals surface area contributed by atoms with Crippen molar-refractivity contribution >= 4 is 5.91 Å². The van der Waals surface area contributed by atoms with Crippen LogP contribution in [0.2, 0.25) is 0 Å². The minimum absolute atomic E-state index is 0.313. The van der Waals surface area contributed by atoms with Crippen molar-refractivity contribution in [3.63, 3.8) is 0 Å². The lowest BCUT2D eigenvalue weighted by Crippen LogP contribution is -2.49. The van der Waals surface area contributed by atoms with Crippen LogP contribution in [-0.2, 0) is 4.79 Å². The average Bonchev–Trinajstić information content (AvgIpc) is 3.18. The van der Waals surface area contributed by atoms with Gasteiger partial charge in [0, 0.05) is 0 Å². The number of rotatable bonds is 44. The van der Waals surface area contributed by atoms with Crippen molar-refractivity contribution in [1.29, 1.82) is 0 Å². The van der Waals surface area contributed by atoms with Crippen molar-refractivity contribution in [2.75, 3.05) is 6.61 Å². The second-order valence-corrected chi connectivity index (χ2v) is 16.7. The van der Waals surface area contributed by atoms with Crippen LogP contribution in [0.25, 0.3) is 0 Å². The molecule has 3 unspecified atom stereocenters. The Morgan fingerprint density at radius 2 is 0.741 bits per heavy atom. The van der Waals surface area contributed by atoms with Crippen LogP contribution in [-0.4, -0.2) is 46.1 Å². The van der Waals surface area contributed by atoms with Crippen molar-refractivity contribution < 1.29 is 20.1 Å². The zero-order chi connectivity index (χ0) is 39.4. The normalized spacial score (nSPS) is 13.6. The number of allylic oxidation sites excluding steroid dienone is 4. The van der Waals surface area contributed by atoms with Gasteiger partial charge in [0.2, 0.25) is 5.91 Å². The zero-order valence-electron chi connectivity index (χ0n) is 36.4. The van der Waals surface area contributed by atoms with E-state index in [0.717, 1.165) is 32.1 Å². The van der Waals surface area contributed by atoms with Crippen LogP contribution in [0.3, 0.4) is 0 Å². The number of hydrogen-bond donors (Lipinski definition) is 4. The number of carbonyl (C=O) groups is 1. The summed E-state index contributed by atoms with van der Waals surface area (Å²) in [6.07, 6.45) is 54.7. The van der Waals surface area contributed by atoms with Crippen LogP contribution < -0.4 is 5.32 Å². The van der Waals surface area contributed by atoms with Gasteiger partial charge in [0.15, 0.2) is 0 Å². The smallest absolute Gasteiger partial charge is 0.249 e. The Bertz CT molecular complexity index is 799. The van der Waals surface area contributed by atoms with Gasteiger partial charge < -0.3 is 20.6 Å². The Balaban J connectivity index is 3.58. The van der Waals surface area contributed by atoms with Gasteiger partial charge in [0.1, 0.15) is 6.10 Å². The Hall–Kier alpha value is -1.17. The van der Waals surface area contributed by atoms with E-state index in [1.165, 1.54) is 199 Å². The highest BCUT2D eigenvalue weighted by atomic mass is 16.3. The predicted octanol–water partition coefficient (Wildman–Crippen LogP) is 14.2. The van der Waals surface area contributed by atoms with Gasteiger partial charge >= 0.3 is 0 Å². The number of amides is 1. The molecule has 0 aliphatic rings. The summed E-state index contributed by atoms with van der Waals surface area (Å²) in [6, 6.07) is -0.713. The number of nitrogens with one attached hydrogen (secondary N) is 1. The molecule has 0 aliphatic carbocycles. The molecule has 5 nitrogen and oxygen atoms in total. The Morgan fingerprint density at radius 1 is 0.444 bits per heavy atom. The molecule has 0 heterocycles. The Kier molecular flexibility index (Phi) is 43.6. The van der Waals surface area contributed by atoms with Gasteiger partial charge in [-0.2, -0.15) is 0 Å². The number of aliphatic hydroxyl groups excluding tert-OH is 3. The summed E-state index contributed by atoms with van der Waals surface area (Å²) in [5.41, 5.74) is 0. The fourth-order valence-corrected chi connectivity index (χ4v) is 7.54. The van der Waals surface area contributed by atoms with Crippen LogP contribution in [0.1, 0.15) is 258 Å². The molecule has 320 valence electrons. The predicted molar refractivity (Wildman–Crippen MR) is 236 cm³/mol. The molecule has 0 bridgehead atoms. The lowest BCUT2D eigenvalue weighted by Gasteiger charge is -2.23. The molecule has 0 aromatic heterocycles. The van der Waals surface area contributed by atoms with Gasteiger partial charge in [-0.05, 0) is 38.5 Å². The molecule has 0 saturated carbocycles. The largest absolute Gasteiger partial charge is 0.394 e. The highest BCUT2D eigenvalue weighted by Crippen LogP contribution is 2.17. The SMILES string of the molecule is CCCCC/C=C\C=C/CCCCCCCCCCCC(O)C(=O)NC(CO)C(O)CCCCCCCCCCCCCCCCCCCCCCCC. The van der Waals surface area contributed by atoms with Gasteiger partial charge in [-0.15, -0.1) is 0 Å². The molecule has 0 radical (unpaired) electrons. The molecule has 0 aliphatic heterocycles. The Morgan fingerprint density at radius 3 is 1.11 bits per heavy atom. The molecule has 0 fully saturated rings. The molecular weight excluding hydrogens is 667 g/mol. The number of hydrogen-bond acceptors (Lipinski definition) is 4. The second-order valence-electron chi connectivity index (χ2n) is 16.7. The van der Waals surface area contributed by atoms with Crippen molar-refractivity contribution in [2.45, 2.75) is 276 Å². The van der Waals surface area contributed by atoms with E-state index >= 15 is 0 Å². The maximum absolute atomic E-state index is 12.5. The zero-order valence-corrected chi connectivity index (χ0v) is 36.4. The lowest BCUT2D eigenvalue weighted by atomic mass is 10.0. The van der Waals surface area contributed by atoms with Gasteiger partial charge in [-0.25, -0.2) is 0 Å². The summed E-state index contributed by atoms with van der Waals surface area (Å²) in [5, 5.41) is 33.4. The molecule has 1 amide bonds. The molecular formula is C49H95NO4. The number of carbonyl (C=O) groups excluding carboxylic acids is 1. The third-order valence-electron chi connectivity index (χ3n) is 11.4. The monoisotopic (exact) mass is 762 g/mol. The van der Waals surface area contributed by atoms with E-state index in [4.69, 9.17) is 0 Å². The topological polar surface area (TPSA) is 89.8 Å². The van der Waals surface area contributed by atoms with Crippen LogP contribution in [0.15, 0.2) is 24.3 Å². The quantitative estimate of drug-likeness (QED) is 0.0368. The van der Waals surface area contributed by atoms with Gasteiger partial charge in [-0.1, -0.05) is 244 Å². The first kappa shape index (κ1) is 52.8. The molecule has 54 heavy (non-hydrogen) atoms. The van der Waals surface area contributed by atoms with E-state index in [2.05, 4.69) is 43.5 Å². The van der Waals surface area contributed by atoms with E-state index in [9.17, 15) is 20.1 Å². The fourth-order valence-electron chi connectivity index (χ4n) is 7.54. The third-order valence-corrected chi connectivity index (χ3v) is 11.4. The fraction of sp³-hybridized carbons (Fsp3) is 0.898. The minimum Gasteiger partial charge on any atom is -0.394 e. The third kappa shape index (κ3) is 39.1. The molecule has 5 heteroatoms. The minimum atomic E-state index is -1.08. The van der Waals surface area contributed by atoms with E-state index in [-0.39, 0.29) is 6.61 Å². The van der Waals surface area contributed by atoms with Gasteiger partial charge in [-0.3, -0.25) is 4.79 Å². The van der Waals surface area contributed by atoms with E-state index in [0.29, 0.717) is 12.8 Å². The van der Waals surface area contributed by atoms with Gasteiger partial charge in [0.05, 0.1) is 18.8 Å². The molecule has 0 aromatic carbocycles. The van der Waals surface area contributed by atoms with Crippen molar-refractivity contribution in [1.82, 2.24) is 5.32 Å². The summed E-state index contributed by atoms with van der Waals surface area (Å²) in [7, 11) is 0. The molecule has 4 N–H and O–H groups in total. The second kappa shape index (κ2) is 44.5. The number of aliphatic hydroxyl groups is 3. The molecule has 0 spiro atoms. The lowest BCUT2D eigenvalue weighted by molar-refractivity contribution is -0.131. The maximum atomic E-state index is 12.5. The first-order valence-corrected chi connectivity index (χ1v) is 24.2. The standard InChI is InChI=1S/C49H95NO4/c1-3-5-7-9-11-13-15-17-19-21-23-24-25-26-28-29-31-33-35-37-39-41-43-47(52)46(45-51)50-49(54)48(53)44-42-40-38-36-34-32-30-27-22-20-18-16-14-12-10-8-6-4-2/h12,14,16,18,46-48,51-53H,3-11,13,15,17,19-45H2,1-2H3,(H,50,54)/b14-12-,18-16-. The molecule has 0 aromatic rings. The highest BCUT2D eigenvalue weighted by molar-refractivity contribution is 5.80. The van der Waals surface area contributed by atoms with Crippen LogP contribution >= 0.6 is 0 Å². The summed E-state index contributed by atoms with van der Waals surface area (Å²) in [5.74, 6) is -0.472. The first-order chi connectivity index (χ1) is 26.6. The van der Waals surface area contributed by atoms with E-state index in [1.807, 2.05) is 0 Å². The summed E-state index contributed by atoms with van der Waals surface area (Å²) >= 11 is 0. The van der Waals surface area contributed by atoms with Crippen molar-refractivity contribution in [3.05, 3.63) is 24.3 Å². The van der Waals surface area contributed by atoms with Crippen molar-refractivity contribution in [2.24, 2.45) is 0 Å². The summed E-state index contributed by atoms with van der Waals surface area (Å²) in [4.78, 5) is 12.5. The van der Waals surface area contributed by atoms with E-state index in [1.54, 1.807) is 0 Å². The highest BCUT2D eigenvalue weighted by Gasteiger charge is 2.23. The van der Waals surface area contributed by atoms with Crippen LogP contribution in [0.5, 0.6) is 0 Å². The molecule has 3 atom stereocenters. The molecule has 0 saturated heterocycles. The van der Waals surface area contributed by atoms with E-state index < -0.39 is 24.2 Å². The van der Waals surface area contributed by atoms with Crippen molar-refractivity contribution in [3.8, 4) is 0 Å². The van der Waals surface area contributed by atoms with Crippen LogP contribution in [0.4, 0.5) is 0 Å². The number of unbranched alkanes of at least 4 members (excludes halogenated alkanes) is 33. The Labute approximate surface area is 337 Å². The maximum Gasteiger partial charge on any atom is 0.249 e. The summed E-state index contributed by atoms with van der Waals surface area (Å²) in [6.45, 7) is 4.22.